The fraction of sp³-hybridized carbons (Fsp3) is 0.500. The average molecular weight is 289 g/mol. The largest absolute Gasteiger partial charge is 0.487 e. The molecule has 0 amide bonds. The Hall–Kier alpha value is -2.06. The molecule has 0 aliphatic heterocycles. The third-order valence-electron chi connectivity index (χ3n) is 3.22. The van der Waals surface area contributed by atoms with E-state index in [0.717, 1.165) is 25.9 Å². The molecule has 5 nitrogen and oxygen atoms in total. The zero-order valence-corrected chi connectivity index (χ0v) is 13.0. The molecule has 0 bridgehead atoms. The maximum absolute atomic E-state index is 9.27. The van der Waals surface area contributed by atoms with Gasteiger partial charge >= 0.3 is 0 Å². The summed E-state index contributed by atoms with van der Waals surface area (Å²) in [5, 5.41) is 9.27. The number of methoxy groups -OCH3 is 1. The van der Waals surface area contributed by atoms with Crippen molar-refractivity contribution in [2.45, 2.75) is 25.9 Å². The molecule has 5 heteroatoms. The molecule has 1 aromatic rings. The standard InChI is InChI=1S/C16H23N3O2/c1-5-7-8-13(12-19(3)6-2)21-15-9-10-18-16(20-4)14(15)11-17/h5,9-10,13H,1,6-8,12H2,2-4H3/t13-/m0/s1. The van der Waals surface area contributed by atoms with Crippen molar-refractivity contribution in [2.75, 3.05) is 27.2 Å². The summed E-state index contributed by atoms with van der Waals surface area (Å²) in [4.78, 5) is 6.20. The minimum atomic E-state index is -0.00726. The van der Waals surface area contributed by atoms with Crippen molar-refractivity contribution >= 4 is 0 Å². The number of nitrogens with zero attached hydrogens (tertiary/aromatic N) is 3. The van der Waals surface area contributed by atoms with Gasteiger partial charge in [-0.1, -0.05) is 13.0 Å². The first kappa shape index (κ1) is 17.0. The Morgan fingerprint density at radius 3 is 2.90 bits per heavy atom. The molecule has 0 aliphatic rings. The molecule has 1 aromatic heterocycles. The summed E-state index contributed by atoms with van der Waals surface area (Å²) < 4.78 is 11.1. The van der Waals surface area contributed by atoms with E-state index in [1.165, 1.54) is 7.11 Å². The van der Waals surface area contributed by atoms with E-state index in [9.17, 15) is 5.26 Å². The van der Waals surface area contributed by atoms with E-state index in [4.69, 9.17) is 9.47 Å². The molecule has 0 aromatic carbocycles. The summed E-state index contributed by atoms with van der Waals surface area (Å²) in [5.74, 6) is 0.809. The third-order valence-corrected chi connectivity index (χ3v) is 3.22. The van der Waals surface area contributed by atoms with E-state index in [-0.39, 0.29) is 6.10 Å². The van der Waals surface area contributed by atoms with Crippen LogP contribution in [0.4, 0.5) is 0 Å². The van der Waals surface area contributed by atoms with Gasteiger partial charge in [-0.25, -0.2) is 4.98 Å². The van der Waals surface area contributed by atoms with Gasteiger partial charge in [-0.05, 0) is 26.4 Å². The second-order valence-corrected chi connectivity index (χ2v) is 4.77. The Bertz CT molecular complexity index is 497. The molecule has 114 valence electrons. The van der Waals surface area contributed by atoms with Gasteiger partial charge in [0.1, 0.15) is 17.9 Å². The highest BCUT2D eigenvalue weighted by Gasteiger charge is 2.17. The first-order valence-electron chi connectivity index (χ1n) is 7.05. The van der Waals surface area contributed by atoms with E-state index in [1.54, 1.807) is 12.3 Å². The van der Waals surface area contributed by atoms with Crippen LogP contribution in [-0.4, -0.2) is 43.2 Å². The van der Waals surface area contributed by atoms with Crippen molar-refractivity contribution in [3.05, 3.63) is 30.5 Å². The number of hydrogen-bond acceptors (Lipinski definition) is 5. The summed E-state index contributed by atoms with van der Waals surface area (Å²) in [6, 6.07) is 3.80. The SMILES string of the molecule is C=CCC[C@@H](CN(C)CC)Oc1ccnc(OC)c1C#N. The number of likely N-dealkylation sites (N-methyl/N-ethyl adjacent to an activating group) is 1. The first-order valence-corrected chi connectivity index (χ1v) is 7.05. The van der Waals surface area contributed by atoms with Gasteiger partial charge in [-0.3, -0.25) is 0 Å². The second kappa shape index (κ2) is 8.98. The number of pyridine rings is 1. The van der Waals surface area contributed by atoms with E-state index in [1.807, 2.05) is 13.1 Å². The number of ether oxygens (including phenoxy) is 2. The molecule has 0 fully saturated rings. The predicted octanol–water partition coefficient (Wildman–Crippen LogP) is 2.63. The van der Waals surface area contributed by atoms with Gasteiger partial charge in [0.25, 0.3) is 0 Å². The normalized spacial score (nSPS) is 11.8. The maximum Gasteiger partial charge on any atom is 0.235 e. The fourth-order valence-corrected chi connectivity index (χ4v) is 1.93. The lowest BCUT2D eigenvalue weighted by Gasteiger charge is -2.24. The lowest BCUT2D eigenvalue weighted by atomic mass is 10.1. The van der Waals surface area contributed by atoms with Gasteiger partial charge in [0.2, 0.25) is 5.88 Å². The maximum atomic E-state index is 9.27. The Labute approximate surface area is 126 Å². The topological polar surface area (TPSA) is 58.4 Å². The van der Waals surface area contributed by atoms with Crippen LogP contribution in [0.25, 0.3) is 0 Å². The van der Waals surface area contributed by atoms with Gasteiger partial charge in [-0.2, -0.15) is 5.26 Å². The summed E-state index contributed by atoms with van der Waals surface area (Å²) in [7, 11) is 3.54. The van der Waals surface area contributed by atoms with Crippen molar-refractivity contribution in [1.29, 1.82) is 5.26 Å². The molecular formula is C16H23N3O2. The minimum Gasteiger partial charge on any atom is -0.487 e. The lowest BCUT2D eigenvalue weighted by Crippen LogP contribution is -2.33. The molecule has 0 saturated heterocycles. The monoisotopic (exact) mass is 289 g/mol. The lowest BCUT2D eigenvalue weighted by molar-refractivity contribution is 0.142. The Kier molecular flexibility index (Phi) is 7.27. The minimum absolute atomic E-state index is 0.00726. The highest BCUT2D eigenvalue weighted by molar-refractivity contribution is 5.48. The van der Waals surface area contributed by atoms with Crippen LogP contribution in [0.2, 0.25) is 0 Å². The van der Waals surface area contributed by atoms with Gasteiger partial charge < -0.3 is 14.4 Å². The Morgan fingerprint density at radius 2 is 2.33 bits per heavy atom. The molecule has 0 saturated carbocycles. The van der Waals surface area contributed by atoms with Crippen molar-refractivity contribution in [2.24, 2.45) is 0 Å². The first-order chi connectivity index (χ1) is 10.2. The van der Waals surface area contributed by atoms with Gasteiger partial charge in [0.15, 0.2) is 5.56 Å². The molecule has 1 rings (SSSR count). The molecule has 0 aliphatic carbocycles. The molecule has 0 radical (unpaired) electrons. The van der Waals surface area contributed by atoms with E-state index in [0.29, 0.717) is 17.2 Å². The van der Waals surface area contributed by atoms with Crippen LogP contribution in [0, 0.1) is 11.3 Å². The molecule has 1 atom stereocenters. The average Bonchev–Trinajstić information content (AvgIpc) is 2.51. The summed E-state index contributed by atoms with van der Waals surface area (Å²) in [6.07, 6.45) is 5.17. The van der Waals surface area contributed by atoms with Crippen LogP contribution in [0.3, 0.4) is 0 Å². The van der Waals surface area contributed by atoms with Crippen LogP contribution in [0.1, 0.15) is 25.3 Å². The smallest absolute Gasteiger partial charge is 0.235 e. The van der Waals surface area contributed by atoms with Crippen LogP contribution in [0.15, 0.2) is 24.9 Å². The van der Waals surface area contributed by atoms with Crippen molar-refractivity contribution < 1.29 is 9.47 Å². The van der Waals surface area contributed by atoms with E-state index in [2.05, 4.69) is 29.5 Å². The van der Waals surface area contributed by atoms with Crippen LogP contribution >= 0.6 is 0 Å². The van der Waals surface area contributed by atoms with Crippen molar-refractivity contribution in [3.63, 3.8) is 0 Å². The Balaban J connectivity index is 2.91. The summed E-state index contributed by atoms with van der Waals surface area (Å²) in [5.41, 5.74) is 0.336. The summed E-state index contributed by atoms with van der Waals surface area (Å²) >= 11 is 0. The molecule has 0 unspecified atom stereocenters. The number of aromatic nitrogens is 1. The predicted molar refractivity (Wildman–Crippen MR) is 82.5 cm³/mol. The van der Waals surface area contributed by atoms with Crippen molar-refractivity contribution in [3.8, 4) is 17.7 Å². The van der Waals surface area contributed by atoms with Crippen molar-refractivity contribution in [1.82, 2.24) is 9.88 Å². The van der Waals surface area contributed by atoms with E-state index >= 15 is 0 Å². The molecule has 0 spiro atoms. The number of allylic oxidation sites excluding steroid dienone is 1. The quantitative estimate of drug-likeness (QED) is 0.654. The molecular weight excluding hydrogens is 266 g/mol. The Morgan fingerprint density at radius 1 is 1.57 bits per heavy atom. The number of hydrogen-bond donors (Lipinski definition) is 0. The van der Waals surface area contributed by atoms with Gasteiger partial charge in [0.05, 0.1) is 7.11 Å². The van der Waals surface area contributed by atoms with E-state index < -0.39 is 0 Å². The highest BCUT2D eigenvalue weighted by Crippen LogP contribution is 2.26. The molecule has 0 N–H and O–H groups in total. The molecule has 21 heavy (non-hydrogen) atoms. The zero-order chi connectivity index (χ0) is 15.7. The number of rotatable bonds is 9. The summed E-state index contributed by atoms with van der Waals surface area (Å²) in [6.45, 7) is 7.58. The van der Waals surface area contributed by atoms with Crippen LogP contribution in [-0.2, 0) is 0 Å². The zero-order valence-electron chi connectivity index (χ0n) is 13.0. The number of nitriles is 1. The van der Waals surface area contributed by atoms with Gasteiger partial charge in [-0.15, -0.1) is 6.58 Å². The third kappa shape index (κ3) is 5.09. The highest BCUT2D eigenvalue weighted by atomic mass is 16.5. The van der Waals surface area contributed by atoms with Crippen LogP contribution in [0.5, 0.6) is 11.6 Å². The van der Waals surface area contributed by atoms with Gasteiger partial charge in [0, 0.05) is 18.8 Å². The van der Waals surface area contributed by atoms with Crippen LogP contribution < -0.4 is 9.47 Å². The fourth-order valence-electron chi connectivity index (χ4n) is 1.93. The second-order valence-electron chi connectivity index (χ2n) is 4.77. The molecule has 1 heterocycles.